The van der Waals surface area contributed by atoms with E-state index in [-0.39, 0.29) is 11.8 Å². The second-order valence-corrected chi connectivity index (χ2v) is 5.22. The predicted molar refractivity (Wildman–Crippen MR) is 72.8 cm³/mol. The molecule has 1 N–H and O–H groups in total. The maximum atomic E-state index is 12.4. The number of carbonyl (C=O) groups is 1. The molecule has 1 amide bonds. The molecule has 0 spiro atoms. The summed E-state index contributed by atoms with van der Waals surface area (Å²) in [7, 11) is 1.64. The van der Waals surface area contributed by atoms with Gasteiger partial charge in [-0.05, 0) is 30.0 Å². The fraction of sp³-hybridized carbons (Fsp3) is 0.533. The summed E-state index contributed by atoms with van der Waals surface area (Å²) in [5, 5.41) is 9.87. The maximum absolute atomic E-state index is 12.4. The quantitative estimate of drug-likeness (QED) is 0.902. The molecule has 2 unspecified atom stereocenters. The molecular weight excluding hydrogens is 242 g/mol. The molecule has 2 atom stereocenters. The van der Waals surface area contributed by atoms with Crippen molar-refractivity contribution in [2.24, 2.45) is 5.92 Å². The highest BCUT2D eigenvalue weighted by Gasteiger charge is 2.27. The minimum absolute atomic E-state index is 0.0103. The van der Waals surface area contributed by atoms with Crippen LogP contribution in [0.25, 0.3) is 0 Å². The molecule has 4 heteroatoms. The fourth-order valence-electron chi connectivity index (χ4n) is 2.38. The molecule has 1 aliphatic heterocycles. The van der Waals surface area contributed by atoms with Crippen LogP contribution in [0.1, 0.15) is 29.3 Å². The Hall–Kier alpha value is -1.39. The van der Waals surface area contributed by atoms with Crippen molar-refractivity contribution in [2.75, 3.05) is 20.2 Å². The van der Waals surface area contributed by atoms with Gasteiger partial charge in [0.1, 0.15) is 0 Å². The number of rotatable bonds is 3. The highest BCUT2D eigenvalue weighted by atomic mass is 16.5. The minimum Gasteiger partial charge on any atom is -0.391 e. The summed E-state index contributed by atoms with van der Waals surface area (Å²) >= 11 is 0. The molecule has 0 radical (unpaired) electrons. The Kier molecular flexibility index (Phi) is 4.56. The van der Waals surface area contributed by atoms with E-state index in [0.717, 1.165) is 12.0 Å². The number of aliphatic hydroxyl groups is 1. The van der Waals surface area contributed by atoms with Crippen LogP contribution >= 0.6 is 0 Å². The summed E-state index contributed by atoms with van der Waals surface area (Å²) < 4.78 is 5.07. The van der Waals surface area contributed by atoms with E-state index in [2.05, 4.69) is 0 Å². The lowest BCUT2D eigenvalue weighted by molar-refractivity contribution is 0.0248. The van der Waals surface area contributed by atoms with E-state index in [1.807, 2.05) is 31.2 Å². The number of piperidine rings is 1. The van der Waals surface area contributed by atoms with Gasteiger partial charge >= 0.3 is 0 Å². The van der Waals surface area contributed by atoms with Crippen LogP contribution in [-0.2, 0) is 11.3 Å². The van der Waals surface area contributed by atoms with Crippen molar-refractivity contribution in [3.8, 4) is 0 Å². The van der Waals surface area contributed by atoms with Gasteiger partial charge in [0.15, 0.2) is 0 Å². The normalized spacial score (nSPS) is 23.4. The van der Waals surface area contributed by atoms with Gasteiger partial charge in [0.05, 0.1) is 12.7 Å². The van der Waals surface area contributed by atoms with Gasteiger partial charge in [-0.3, -0.25) is 4.79 Å². The van der Waals surface area contributed by atoms with Crippen LogP contribution in [0.2, 0.25) is 0 Å². The summed E-state index contributed by atoms with van der Waals surface area (Å²) in [6, 6.07) is 7.47. The third kappa shape index (κ3) is 3.33. The van der Waals surface area contributed by atoms with E-state index < -0.39 is 6.10 Å². The molecular formula is C15H21NO3. The molecule has 1 aliphatic rings. The SMILES string of the molecule is COCc1cccc(C(=O)N2CCC(C)C(O)C2)c1. The van der Waals surface area contributed by atoms with Crippen molar-refractivity contribution >= 4 is 5.91 Å². The van der Waals surface area contributed by atoms with Crippen LogP contribution in [0.5, 0.6) is 0 Å². The first-order valence-electron chi connectivity index (χ1n) is 6.67. The number of amides is 1. The molecule has 1 fully saturated rings. The van der Waals surface area contributed by atoms with Crippen molar-refractivity contribution in [2.45, 2.75) is 26.1 Å². The molecule has 0 saturated carbocycles. The van der Waals surface area contributed by atoms with E-state index in [9.17, 15) is 9.90 Å². The highest BCUT2D eigenvalue weighted by molar-refractivity contribution is 5.94. The zero-order valence-electron chi connectivity index (χ0n) is 11.5. The van der Waals surface area contributed by atoms with Crippen LogP contribution in [-0.4, -0.2) is 42.2 Å². The number of aliphatic hydroxyl groups excluding tert-OH is 1. The Balaban J connectivity index is 2.09. The molecule has 1 aromatic carbocycles. The number of methoxy groups -OCH3 is 1. The number of likely N-dealkylation sites (tertiary alicyclic amines) is 1. The van der Waals surface area contributed by atoms with Crippen molar-refractivity contribution in [3.05, 3.63) is 35.4 Å². The molecule has 0 aromatic heterocycles. The van der Waals surface area contributed by atoms with E-state index in [0.29, 0.717) is 25.3 Å². The van der Waals surface area contributed by atoms with Gasteiger partial charge in [0.2, 0.25) is 0 Å². The Morgan fingerprint density at radius 2 is 2.32 bits per heavy atom. The molecule has 104 valence electrons. The average Bonchev–Trinajstić information content (AvgIpc) is 2.42. The minimum atomic E-state index is -0.417. The van der Waals surface area contributed by atoms with Crippen molar-refractivity contribution in [3.63, 3.8) is 0 Å². The first-order valence-corrected chi connectivity index (χ1v) is 6.67. The summed E-state index contributed by atoms with van der Waals surface area (Å²) in [6.45, 7) is 3.66. The van der Waals surface area contributed by atoms with Crippen LogP contribution in [0.3, 0.4) is 0 Å². The molecule has 1 aromatic rings. The number of ether oxygens (including phenoxy) is 1. The largest absolute Gasteiger partial charge is 0.391 e. The maximum Gasteiger partial charge on any atom is 0.253 e. The predicted octanol–water partition coefficient (Wildman–Crippen LogP) is 1.68. The summed E-state index contributed by atoms with van der Waals surface area (Å²) in [4.78, 5) is 14.1. The second kappa shape index (κ2) is 6.17. The third-order valence-corrected chi connectivity index (χ3v) is 3.69. The number of hydrogen-bond acceptors (Lipinski definition) is 3. The van der Waals surface area contributed by atoms with Crippen molar-refractivity contribution in [1.29, 1.82) is 0 Å². The van der Waals surface area contributed by atoms with Gasteiger partial charge in [-0.2, -0.15) is 0 Å². The van der Waals surface area contributed by atoms with Crippen LogP contribution in [0.4, 0.5) is 0 Å². The lowest BCUT2D eigenvalue weighted by Crippen LogP contribution is -2.45. The number of benzene rings is 1. The molecule has 2 rings (SSSR count). The lowest BCUT2D eigenvalue weighted by atomic mass is 9.95. The Bertz CT molecular complexity index is 447. The zero-order chi connectivity index (χ0) is 13.8. The van der Waals surface area contributed by atoms with E-state index in [4.69, 9.17) is 4.74 Å². The Morgan fingerprint density at radius 3 is 3.00 bits per heavy atom. The second-order valence-electron chi connectivity index (χ2n) is 5.22. The van der Waals surface area contributed by atoms with E-state index >= 15 is 0 Å². The number of carbonyl (C=O) groups excluding carboxylic acids is 1. The standard InChI is InChI=1S/C15H21NO3/c1-11-6-7-16(9-14(11)17)15(18)13-5-3-4-12(8-13)10-19-2/h3-5,8,11,14,17H,6-7,9-10H2,1-2H3. The smallest absolute Gasteiger partial charge is 0.253 e. The van der Waals surface area contributed by atoms with Gasteiger partial charge in [0, 0.05) is 25.8 Å². The first-order chi connectivity index (χ1) is 9.11. The molecule has 4 nitrogen and oxygen atoms in total. The van der Waals surface area contributed by atoms with Crippen LogP contribution in [0.15, 0.2) is 24.3 Å². The average molecular weight is 263 g/mol. The molecule has 19 heavy (non-hydrogen) atoms. The molecule has 1 heterocycles. The van der Waals surface area contributed by atoms with Crippen molar-refractivity contribution < 1.29 is 14.6 Å². The van der Waals surface area contributed by atoms with Gasteiger partial charge in [-0.25, -0.2) is 0 Å². The summed E-state index contributed by atoms with van der Waals surface area (Å²) in [6.07, 6.45) is 0.435. The Morgan fingerprint density at radius 1 is 1.53 bits per heavy atom. The van der Waals surface area contributed by atoms with Gasteiger partial charge in [0.25, 0.3) is 5.91 Å². The monoisotopic (exact) mass is 263 g/mol. The van der Waals surface area contributed by atoms with Gasteiger partial charge < -0.3 is 14.7 Å². The molecule has 1 saturated heterocycles. The number of nitrogens with zero attached hydrogens (tertiary/aromatic N) is 1. The first kappa shape index (κ1) is 14.0. The number of β-amino-alcohol motifs (C(OH)–C–C–N with tert-alkyl or cyclic N) is 1. The van der Waals surface area contributed by atoms with E-state index in [1.54, 1.807) is 12.0 Å². The topological polar surface area (TPSA) is 49.8 Å². The number of hydrogen-bond donors (Lipinski definition) is 1. The fourth-order valence-corrected chi connectivity index (χ4v) is 2.38. The summed E-state index contributed by atoms with van der Waals surface area (Å²) in [5.41, 5.74) is 1.65. The van der Waals surface area contributed by atoms with Gasteiger partial charge in [-0.1, -0.05) is 19.1 Å². The zero-order valence-corrected chi connectivity index (χ0v) is 11.5. The van der Waals surface area contributed by atoms with E-state index in [1.165, 1.54) is 0 Å². The van der Waals surface area contributed by atoms with Gasteiger partial charge in [-0.15, -0.1) is 0 Å². The Labute approximate surface area is 114 Å². The lowest BCUT2D eigenvalue weighted by Gasteiger charge is -2.34. The van der Waals surface area contributed by atoms with Crippen LogP contribution < -0.4 is 0 Å². The van der Waals surface area contributed by atoms with Crippen molar-refractivity contribution in [1.82, 2.24) is 4.90 Å². The molecule has 0 bridgehead atoms. The molecule has 0 aliphatic carbocycles. The summed E-state index contributed by atoms with van der Waals surface area (Å²) in [5.74, 6) is 0.257. The highest BCUT2D eigenvalue weighted by Crippen LogP contribution is 2.19. The third-order valence-electron chi connectivity index (χ3n) is 3.69. The van der Waals surface area contributed by atoms with Crippen LogP contribution in [0, 0.1) is 5.92 Å².